The van der Waals surface area contributed by atoms with E-state index in [9.17, 15) is 4.79 Å². The molecule has 1 amide bonds. The average Bonchev–Trinajstić information content (AvgIpc) is 3.04. The molecule has 0 fully saturated rings. The summed E-state index contributed by atoms with van der Waals surface area (Å²) >= 11 is 1.44. The summed E-state index contributed by atoms with van der Waals surface area (Å²) in [6, 6.07) is 9.70. The fraction of sp³-hybridized carbons (Fsp3) is 0.316. The number of carbonyl (C=O) groups excluding carboxylic acids is 1. The van der Waals surface area contributed by atoms with Crippen LogP contribution in [0.25, 0.3) is 5.69 Å². The predicted octanol–water partition coefficient (Wildman–Crippen LogP) is 3.19. The number of aryl methyl sites for hydroxylation is 1. The normalized spacial score (nSPS) is 11.4. The van der Waals surface area contributed by atoms with Gasteiger partial charge in [0.1, 0.15) is 0 Å². The lowest BCUT2D eigenvalue weighted by molar-refractivity contribution is 0.0913. The van der Waals surface area contributed by atoms with Gasteiger partial charge >= 0.3 is 0 Å². The third-order valence-corrected chi connectivity index (χ3v) is 4.51. The first-order valence-electron chi connectivity index (χ1n) is 8.57. The fourth-order valence-corrected chi connectivity index (χ4v) is 3.19. The van der Waals surface area contributed by atoms with Gasteiger partial charge in [-0.1, -0.05) is 34.7 Å². The molecule has 2 aromatic heterocycles. The first-order valence-corrected chi connectivity index (χ1v) is 9.56. The fourth-order valence-electron chi connectivity index (χ4n) is 2.39. The van der Waals surface area contributed by atoms with Crippen LogP contribution < -0.4 is 5.32 Å². The Kier molecular flexibility index (Phi) is 5.55. The van der Waals surface area contributed by atoms with Gasteiger partial charge in [0.15, 0.2) is 10.9 Å². The molecule has 27 heavy (non-hydrogen) atoms. The number of carbonyl (C=O) groups is 1. The van der Waals surface area contributed by atoms with Gasteiger partial charge in [0, 0.05) is 23.7 Å². The number of amides is 1. The molecule has 3 rings (SSSR count). The molecule has 1 aromatic carbocycles. The molecule has 1 N–H and O–H groups in total. The molecule has 8 heteroatoms. The van der Waals surface area contributed by atoms with Gasteiger partial charge in [0.25, 0.3) is 5.91 Å². The van der Waals surface area contributed by atoms with Crippen molar-refractivity contribution in [1.29, 1.82) is 0 Å². The van der Waals surface area contributed by atoms with Crippen molar-refractivity contribution in [3.63, 3.8) is 0 Å². The number of aromatic nitrogens is 5. The number of nitrogens with one attached hydrogen (secondary N) is 1. The van der Waals surface area contributed by atoms with Crippen LogP contribution in [0.2, 0.25) is 0 Å². The minimum Gasteiger partial charge on any atom is -0.346 e. The highest BCUT2D eigenvalue weighted by molar-refractivity contribution is 7.98. The predicted molar refractivity (Wildman–Crippen MR) is 105 cm³/mol. The molecule has 0 aliphatic rings. The summed E-state index contributed by atoms with van der Waals surface area (Å²) in [4.78, 5) is 21.2. The summed E-state index contributed by atoms with van der Waals surface area (Å²) in [6.45, 7) is 7.82. The standard InChI is InChI=1S/C19H22N6OS/c1-13-6-8-14(9-7-13)25-15(12-27-18-20-10-5-11-21-18)16(23-24-25)17(26)22-19(2,3)4/h5-11H,12H2,1-4H3,(H,22,26). The van der Waals surface area contributed by atoms with Crippen LogP contribution in [-0.2, 0) is 5.75 Å². The zero-order valence-electron chi connectivity index (χ0n) is 15.8. The average molecular weight is 382 g/mol. The topological polar surface area (TPSA) is 85.6 Å². The van der Waals surface area contributed by atoms with E-state index in [1.54, 1.807) is 23.1 Å². The van der Waals surface area contributed by atoms with Crippen LogP contribution >= 0.6 is 11.8 Å². The molecule has 3 aromatic rings. The molecule has 0 saturated carbocycles. The smallest absolute Gasteiger partial charge is 0.274 e. The molecule has 0 spiro atoms. The van der Waals surface area contributed by atoms with Gasteiger partial charge in [0.05, 0.1) is 11.4 Å². The van der Waals surface area contributed by atoms with Crippen molar-refractivity contribution in [1.82, 2.24) is 30.3 Å². The van der Waals surface area contributed by atoms with E-state index >= 15 is 0 Å². The van der Waals surface area contributed by atoms with Crippen LogP contribution in [-0.4, -0.2) is 36.4 Å². The Hall–Kier alpha value is -2.74. The molecule has 0 saturated heterocycles. The summed E-state index contributed by atoms with van der Waals surface area (Å²) in [5.41, 5.74) is 2.66. The van der Waals surface area contributed by atoms with E-state index in [2.05, 4.69) is 25.6 Å². The summed E-state index contributed by atoms with van der Waals surface area (Å²) in [6.07, 6.45) is 3.39. The molecule has 0 unspecified atom stereocenters. The highest BCUT2D eigenvalue weighted by Gasteiger charge is 2.24. The number of rotatable bonds is 5. The first-order chi connectivity index (χ1) is 12.8. The van der Waals surface area contributed by atoms with E-state index in [1.807, 2.05) is 52.0 Å². The van der Waals surface area contributed by atoms with Crippen molar-refractivity contribution >= 4 is 17.7 Å². The van der Waals surface area contributed by atoms with E-state index in [4.69, 9.17) is 0 Å². The van der Waals surface area contributed by atoms with Gasteiger partial charge in [-0.05, 0) is 45.9 Å². The lowest BCUT2D eigenvalue weighted by Crippen LogP contribution is -2.41. The van der Waals surface area contributed by atoms with Gasteiger partial charge in [-0.3, -0.25) is 4.79 Å². The molecular formula is C19H22N6OS. The van der Waals surface area contributed by atoms with E-state index in [-0.39, 0.29) is 11.4 Å². The quantitative estimate of drug-likeness (QED) is 0.539. The molecular weight excluding hydrogens is 360 g/mol. The Balaban J connectivity index is 1.95. The van der Waals surface area contributed by atoms with E-state index < -0.39 is 0 Å². The Morgan fingerprint density at radius 3 is 2.44 bits per heavy atom. The summed E-state index contributed by atoms with van der Waals surface area (Å²) in [5, 5.41) is 12.0. The van der Waals surface area contributed by atoms with Crippen LogP contribution in [0, 0.1) is 6.92 Å². The summed E-state index contributed by atoms with van der Waals surface area (Å²) in [7, 11) is 0. The van der Waals surface area contributed by atoms with Crippen molar-refractivity contribution in [3.8, 4) is 5.69 Å². The molecule has 0 bridgehead atoms. The maximum Gasteiger partial charge on any atom is 0.274 e. The summed E-state index contributed by atoms with van der Waals surface area (Å²) < 4.78 is 1.70. The zero-order chi connectivity index (χ0) is 19.4. The maximum atomic E-state index is 12.7. The Morgan fingerprint density at radius 2 is 1.81 bits per heavy atom. The van der Waals surface area contributed by atoms with Crippen molar-refractivity contribution in [3.05, 3.63) is 59.7 Å². The second kappa shape index (κ2) is 7.87. The molecule has 0 radical (unpaired) electrons. The Bertz CT molecular complexity index is 916. The van der Waals surface area contributed by atoms with Gasteiger partial charge in [-0.25, -0.2) is 14.6 Å². The van der Waals surface area contributed by atoms with Crippen LogP contribution in [0.5, 0.6) is 0 Å². The largest absolute Gasteiger partial charge is 0.346 e. The van der Waals surface area contributed by atoms with Crippen LogP contribution in [0.15, 0.2) is 47.9 Å². The number of hydrogen-bond acceptors (Lipinski definition) is 6. The third-order valence-electron chi connectivity index (χ3n) is 3.63. The third kappa shape index (κ3) is 4.91. The van der Waals surface area contributed by atoms with Crippen LogP contribution in [0.1, 0.15) is 42.5 Å². The monoisotopic (exact) mass is 382 g/mol. The maximum absolute atomic E-state index is 12.7. The molecule has 140 valence electrons. The molecule has 0 aliphatic carbocycles. The Labute approximate surface area is 162 Å². The lowest BCUT2D eigenvalue weighted by atomic mass is 10.1. The van der Waals surface area contributed by atoms with Crippen molar-refractivity contribution < 1.29 is 4.79 Å². The SMILES string of the molecule is Cc1ccc(-n2nnc(C(=O)NC(C)(C)C)c2CSc2ncccn2)cc1. The molecule has 2 heterocycles. The van der Waals surface area contributed by atoms with Crippen molar-refractivity contribution in [2.45, 2.75) is 44.1 Å². The number of thioether (sulfide) groups is 1. The van der Waals surface area contributed by atoms with Gasteiger partial charge in [-0.2, -0.15) is 0 Å². The van der Waals surface area contributed by atoms with Crippen molar-refractivity contribution in [2.75, 3.05) is 0 Å². The summed E-state index contributed by atoms with van der Waals surface area (Å²) in [5.74, 6) is 0.225. The van der Waals surface area contributed by atoms with E-state index in [1.165, 1.54) is 11.8 Å². The minimum absolute atomic E-state index is 0.245. The second-order valence-electron chi connectivity index (χ2n) is 7.16. The molecule has 0 aliphatic heterocycles. The number of nitrogens with zero attached hydrogens (tertiary/aromatic N) is 5. The van der Waals surface area contributed by atoms with Gasteiger partial charge < -0.3 is 5.32 Å². The number of benzene rings is 1. The number of hydrogen-bond donors (Lipinski definition) is 1. The first kappa shape index (κ1) is 19.0. The Morgan fingerprint density at radius 1 is 1.15 bits per heavy atom. The van der Waals surface area contributed by atoms with E-state index in [0.29, 0.717) is 22.3 Å². The second-order valence-corrected chi connectivity index (χ2v) is 8.10. The lowest BCUT2D eigenvalue weighted by Gasteiger charge is -2.20. The highest BCUT2D eigenvalue weighted by atomic mass is 32.2. The van der Waals surface area contributed by atoms with Gasteiger partial charge in [-0.15, -0.1) is 5.10 Å². The van der Waals surface area contributed by atoms with Crippen LogP contribution in [0.4, 0.5) is 0 Å². The molecule has 7 nitrogen and oxygen atoms in total. The molecule has 0 atom stereocenters. The highest BCUT2D eigenvalue weighted by Crippen LogP contribution is 2.23. The van der Waals surface area contributed by atoms with E-state index in [0.717, 1.165) is 11.3 Å². The zero-order valence-corrected chi connectivity index (χ0v) is 16.6. The van der Waals surface area contributed by atoms with Gasteiger partial charge in [0.2, 0.25) is 0 Å². The minimum atomic E-state index is -0.363. The van der Waals surface area contributed by atoms with Crippen LogP contribution in [0.3, 0.4) is 0 Å². The van der Waals surface area contributed by atoms with Crippen molar-refractivity contribution in [2.24, 2.45) is 0 Å².